The summed E-state index contributed by atoms with van der Waals surface area (Å²) in [4.78, 5) is 26.5. The maximum Gasteiger partial charge on any atom is 0.326 e. The predicted molar refractivity (Wildman–Crippen MR) is 82.1 cm³/mol. The standard InChI is InChI=1S/C16H19NO3S/c1-10-7-8-21-13(10)5-6-14(18)17-9-11-3-2-4-12(11)15(17)16(19)20/h5-8,11-12,15H,2-4,9H2,1H3,(H,19,20)/b6-5+. The van der Waals surface area contributed by atoms with Crippen molar-refractivity contribution in [3.63, 3.8) is 0 Å². The van der Waals surface area contributed by atoms with Gasteiger partial charge in [0.1, 0.15) is 6.04 Å². The molecule has 2 heterocycles. The number of amides is 1. The van der Waals surface area contributed by atoms with E-state index in [4.69, 9.17) is 0 Å². The Kier molecular flexibility index (Phi) is 3.85. The highest BCUT2D eigenvalue weighted by molar-refractivity contribution is 7.11. The van der Waals surface area contributed by atoms with E-state index in [1.54, 1.807) is 22.3 Å². The average molecular weight is 305 g/mol. The van der Waals surface area contributed by atoms with Crippen LogP contribution in [0.3, 0.4) is 0 Å². The number of thiophene rings is 1. The molecule has 1 aliphatic heterocycles. The molecule has 2 fully saturated rings. The lowest BCUT2D eigenvalue weighted by atomic mass is 9.94. The molecule has 112 valence electrons. The number of nitrogens with zero attached hydrogens (tertiary/aromatic N) is 1. The highest BCUT2D eigenvalue weighted by atomic mass is 32.1. The summed E-state index contributed by atoms with van der Waals surface area (Å²) in [5.74, 6) is -0.529. The van der Waals surface area contributed by atoms with Crippen molar-refractivity contribution in [1.29, 1.82) is 0 Å². The van der Waals surface area contributed by atoms with Gasteiger partial charge in [-0.3, -0.25) is 4.79 Å². The van der Waals surface area contributed by atoms with Gasteiger partial charge in [-0.15, -0.1) is 11.3 Å². The monoisotopic (exact) mass is 305 g/mol. The molecular weight excluding hydrogens is 286 g/mol. The summed E-state index contributed by atoms with van der Waals surface area (Å²) in [6, 6.07) is 1.37. The minimum Gasteiger partial charge on any atom is -0.480 e. The highest BCUT2D eigenvalue weighted by Gasteiger charge is 2.48. The van der Waals surface area contributed by atoms with Crippen molar-refractivity contribution < 1.29 is 14.7 Å². The maximum atomic E-state index is 12.4. The first-order valence-corrected chi connectivity index (χ1v) is 8.21. The fourth-order valence-electron chi connectivity index (χ4n) is 3.65. The molecular formula is C16H19NO3S. The van der Waals surface area contributed by atoms with E-state index in [0.29, 0.717) is 12.5 Å². The SMILES string of the molecule is Cc1ccsc1/C=C/C(=O)N1CC2CCCC2C1C(=O)O. The second-order valence-corrected chi connectivity index (χ2v) is 6.88. The highest BCUT2D eigenvalue weighted by Crippen LogP contribution is 2.42. The molecule has 1 aromatic rings. The molecule has 4 nitrogen and oxygen atoms in total. The van der Waals surface area contributed by atoms with E-state index in [1.807, 2.05) is 18.4 Å². The van der Waals surface area contributed by atoms with Gasteiger partial charge in [0, 0.05) is 17.5 Å². The fourth-order valence-corrected chi connectivity index (χ4v) is 4.47. The number of fused-ring (bicyclic) bond motifs is 1. The lowest BCUT2D eigenvalue weighted by Gasteiger charge is -2.23. The first-order valence-electron chi connectivity index (χ1n) is 7.33. The molecule has 3 rings (SSSR count). The van der Waals surface area contributed by atoms with Gasteiger partial charge in [-0.25, -0.2) is 4.79 Å². The molecule has 1 aliphatic carbocycles. The largest absolute Gasteiger partial charge is 0.480 e. The molecule has 21 heavy (non-hydrogen) atoms. The van der Waals surface area contributed by atoms with Crippen LogP contribution in [0, 0.1) is 18.8 Å². The number of hydrogen-bond acceptors (Lipinski definition) is 3. The molecule has 5 heteroatoms. The molecule has 1 N–H and O–H groups in total. The summed E-state index contributed by atoms with van der Waals surface area (Å²) in [7, 11) is 0. The van der Waals surface area contributed by atoms with Crippen molar-refractivity contribution in [2.24, 2.45) is 11.8 Å². The quantitative estimate of drug-likeness (QED) is 0.874. The lowest BCUT2D eigenvalue weighted by molar-refractivity contribution is -0.148. The Morgan fingerprint density at radius 2 is 2.24 bits per heavy atom. The number of carbonyl (C=O) groups is 2. The summed E-state index contributed by atoms with van der Waals surface area (Å²) in [6.07, 6.45) is 6.39. The molecule has 0 spiro atoms. The topological polar surface area (TPSA) is 57.6 Å². The Morgan fingerprint density at radius 1 is 1.43 bits per heavy atom. The number of aliphatic carboxylic acids is 1. The van der Waals surface area contributed by atoms with Gasteiger partial charge >= 0.3 is 5.97 Å². The first kappa shape index (κ1) is 14.3. The number of carboxylic acids is 1. The minimum atomic E-state index is -0.863. The van der Waals surface area contributed by atoms with E-state index < -0.39 is 12.0 Å². The normalized spacial score (nSPS) is 28.2. The van der Waals surface area contributed by atoms with Gasteiger partial charge in [-0.2, -0.15) is 0 Å². The molecule has 3 atom stereocenters. The van der Waals surface area contributed by atoms with E-state index in [0.717, 1.165) is 29.7 Å². The van der Waals surface area contributed by atoms with Crippen LogP contribution in [0.4, 0.5) is 0 Å². The molecule has 0 aromatic carbocycles. The summed E-state index contributed by atoms with van der Waals surface area (Å²) in [5.41, 5.74) is 1.14. The van der Waals surface area contributed by atoms with Gasteiger partial charge in [-0.05, 0) is 54.7 Å². The zero-order chi connectivity index (χ0) is 15.0. The van der Waals surface area contributed by atoms with Crippen molar-refractivity contribution in [2.75, 3.05) is 6.54 Å². The molecule has 1 saturated heterocycles. The Balaban J connectivity index is 1.76. The third-order valence-corrected chi connectivity index (χ3v) is 5.69. The molecule has 2 aliphatic rings. The van der Waals surface area contributed by atoms with E-state index in [-0.39, 0.29) is 11.8 Å². The Hall–Kier alpha value is -1.62. The zero-order valence-corrected chi connectivity index (χ0v) is 12.8. The van der Waals surface area contributed by atoms with Crippen molar-refractivity contribution in [1.82, 2.24) is 4.90 Å². The average Bonchev–Trinajstić information content (AvgIpc) is 3.10. The third kappa shape index (κ3) is 2.62. The summed E-state index contributed by atoms with van der Waals surface area (Å²) in [6.45, 7) is 2.59. The van der Waals surface area contributed by atoms with Crippen LogP contribution < -0.4 is 0 Å². The minimum absolute atomic E-state index is 0.142. The molecule has 3 unspecified atom stereocenters. The lowest BCUT2D eigenvalue weighted by Crippen LogP contribution is -2.42. The number of hydrogen-bond donors (Lipinski definition) is 1. The molecule has 1 saturated carbocycles. The van der Waals surface area contributed by atoms with Gasteiger partial charge < -0.3 is 10.0 Å². The number of carboxylic acid groups (broad SMARTS) is 1. The van der Waals surface area contributed by atoms with Crippen LogP contribution in [0.15, 0.2) is 17.5 Å². The second kappa shape index (κ2) is 5.64. The number of likely N-dealkylation sites (tertiary alicyclic amines) is 1. The van der Waals surface area contributed by atoms with Gasteiger partial charge in [0.25, 0.3) is 0 Å². The zero-order valence-electron chi connectivity index (χ0n) is 12.0. The van der Waals surface area contributed by atoms with Crippen LogP contribution in [0.1, 0.15) is 29.7 Å². The first-order chi connectivity index (χ1) is 10.1. The predicted octanol–water partition coefficient (Wildman–Crippen LogP) is 2.78. The fraction of sp³-hybridized carbons (Fsp3) is 0.500. The number of aryl methyl sites for hydroxylation is 1. The molecule has 0 radical (unpaired) electrons. The van der Waals surface area contributed by atoms with Crippen LogP contribution in [0.5, 0.6) is 0 Å². The third-order valence-electron chi connectivity index (χ3n) is 4.71. The van der Waals surface area contributed by atoms with E-state index in [9.17, 15) is 14.7 Å². The molecule has 1 amide bonds. The summed E-state index contributed by atoms with van der Waals surface area (Å²) < 4.78 is 0. The smallest absolute Gasteiger partial charge is 0.326 e. The Morgan fingerprint density at radius 3 is 2.90 bits per heavy atom. The number of carbonyl (C=O) groups excluding carboxylic acids is 1. The van der Waals surface area contributed by atoms with Crippen LogP contribution in [-0.4, -0.2) is 34.5 Å². The van der Waals surface area contributed by atoms with Crippen LogP contribution in [-0.2, 0) is 9.59 Å². The summed E-state index contributed by atoms with van der Waals surface area (Å²) >= 11 is 1.58. The van der Waals surface area contributed by atoms with Gasteiger partial charge in [-0.1, -0.05) is 6.42 Å². The van der Waals surface area contributed by atoms with Gasteiger partial charge in [0.2, 0.25) is 5.91 Å². The van der Waals surface area contributed by atoms with Crippen molar-refractivity contribution in [2.45, 2.75) is 32.2 Å². The number of rotatable bonds is 3. The van der Waals surface area contributed by atoms with Crippen molar-refractivity contribution >= 4 is 29.3 Å². The second-order valence-electron chi connectivity index (χ2n) is 5.93. The Labute approximate surface area is 128 Å². The van der Waals surface area contributed by atoms with Gasteiger partial charge in [0.05, 0.1) is 0 Å². The molecule has 0 bridgehead atoms. The molecule has 1 aromatic heterocycles. The van der Waals surface area contributed by atoms with Crippen molar-refractivity contribution in [3.05, 3.63) is 28.0 Å². The maximum absolute atomic E-state index is 12.4. The van der Waals surface area contributed by atoms with E-state index in [1.165, 1.54) is 6.08 Å². The van der Waals surface area contributed by atoms with E-state index >= 15 is 0 Å². The van der Waals surface area contributed by atoms with Crippen LogP contribution >= 0.6 is 11.3 Å². The van der Waals surface area contributed by atoms with Crippen LogP contribution in [0.25, 0.3) is 6.08 Å². The van der Waals surface area contributed by atoms with Gasteiger partial charge in [0.15, 0.2) is 0 Å². The van der Waals surface area contributed by atoms with Crippen LogP contribution in [0.2, 0.25) is 0 Å². The van der Waals surface area contributed by atoms with E-state index in [2.05, 4.69) is 0 Å². The Bertz CT molecular complexity index is 592. The summed E-state index contributed by atoms with van der Waals surface area (Å²) in [5, 5.41) is 11.4. The van der Waals surface area contributed by atoms with Crippen molar-refractivity contribution in [3.8, 4) is 0 Å².